The lowest BCUT2D eigenvalue weighted by atomic mass is 9.59. The summed E-state index contributed by atoms with van der Waals surface area (Å²) in [5, 5.41) is 0. The summed E-state index contributed by atoms with van der Waals surface area (Å²) in [7, 11) is 1.70. The van der Waals surface area contributed by atoms with E-state index in [1.165, 1.54) is 5.57 Å². The van der Waals surface area contributed by atoms with E-state index in [9.17, 15) is 4.79 Å². The van der Waals surface area contributed by atoms with Crippen LogP contribution in [0.2, 0.25) is 0 Å². The summed E-state index contributed by atoms with van der Waals surface area (Å²) >= 11 is 0. The molecule has 0 bridgehead atoms. The van der Waals surface area contributed by atoms with Gasteiger partial charge in [0.2, 0.25) is 0 Å². The Labute approximate surface area is 140 Å². The molecule has 0 aromatic rings. The average molecular weight is 318 g/mol. The SMILES string of the molecule is C=C[C@@]1(C)C[C@H](OC)O[C@@H]([C@]2(C)C3=C(CCC3=O)CC[C@@H]2C)C1. The van der Waals surface area contributed by atoms with Crippen molar-refractivity contribution in [3.05, 3.63) is 23.8 Å². The van der Waals surface area contributed by atoms with Crippen LogP contribution in [0.3, 0.4) is 0 Å². The van der Waals surface area contributed by atoms with Crippen molar-refractivity contribution < 1.29 is 14.3 Å². The van der Waals surface area contributed by atoms with Crippen LogP contribution < -0.4 is 0 Å². The van der Waals surface area contributed by atoms with Gasteiger partial charge in [-0.05, 0) is 37.0 Å². The molecule has 0 radical (unpaired) electrons. The minimum atomic E-state index is -0.219. The van der Waals surface area contributed by atoms with Crippen LogP contribution >= 0.6 is 0 Å². The van der Waals surface area contributed by atoms with E-state index in [1.54, 1.807) is 7.11 Å². The monoisotopic (exact) mass is 318 g/mol. The third-order valence-corrected chi connectivity index (χ3v) is 6.75. The number of ketones is 1. The number of rotatable bonds is 3. The van der Waals surface area contributed by atoms with E-state index in [4.69, 9.17) is 9.47 Å². The van der Waals surface area contributed by atoms with Gasteiger partial charge in [0.15, 0.2) is 12.1 Å². The Bertz CT molecular complexity index is 549. The van der Waals surface area contributed by atoms with E-state index < -0.39 is 0 Å². The van der Waals surface area contributed by atoms with Gasteiger partial charge in [0, 0.05) is 30.9 Å². The quantitative estimate of drug-likeness (QED) is 0.722. The van der Waals surface area contributed by atoms with Crippen LogP contribution in [0.5, 0.6) is 0 Å². The highest BCUT2D eigenvalue weighted by Gasteiger charge is 2.53. The molecule has 3 heteroatoms. The molecule has 0 spiro atoms. The molecule has 0 amide bonds. The van der Waals surface area contributed by atoms with Gasteiger partial charge >= 0.3 is 0 Å². The van der Waals surface area contributed by atoms with Crippen LogP contribution in [0, 0.1) is 16.7 Å². The van der Waals surface area contributed by atoms with E-state index in [0.29, 0.717) is 18.1 Å². The van der Waals surface area contributed by atoms with Crippen LogP contribution in [0.15, 0.2) is 23.8 Å². The number of carbonyl (C=O) groups excluding carboxylic acids is 1. The van der Waals surface area contributed by atoms with Crippen molar-refractivity contribution in [2.45, 2.75) is 71.7 Å². The van der Waals surface area contributed by atoms with Crippen LogP contribution in [-0.2, 0) is 14.3 Å². The van der Waals surface area contributed by atoms with Gasteiger partial charge in [0.25, 0.3) is 0 Å². The fourth-order valence-corrected chi connectivity index (χ4v) is 4.88. The molecule has 1 heterocycles. The van der Waals surface area contributed by atoms with Crippen LogP contribution in [0.4, 0.5) is 0 Å². The summed E-state index contributed by atoms with van der Waals surface area (Å²) in [6, 6.07) is 0. The summed E-state index contributed by atoms with van der Waals surface area (Å²) in [6.45, 7) is 10.8. The molecule has 0 N–H and O–H groups in total. The molecule has 3 rings (SSSR count). The number of allylic oxidation sites excluding steroid dienone is 2. The highest BCUT2D eigenvalue weighted by Crippen LogP contribution is 2.56. The molecule has 2 aliphatic carbocycles. The molecule has 3 nitrogen and oxygen atoms in total. The summed E-state index contributed by atoms with van der Waals surface area (Å²) < 4.78 is 11.9. The minimum Gasteiger partial charge on any atom is -0.356 e. The fraction of sp³-hybridized carbons (Fsp3) is 0.750. The molecule has 1 aliphatic heterocycles. The molecule has 0 saturated carbocycles. The summed E-state index contributed by atoms with van der Waals surface area (Å²) in [5.41, 5.74) is 2.26. The highest BCUT2D eigenvalue weighted by molar-refractivity contribution is 6.00. The normalized spacial score (nSPS) is 44.3. The van der Waals surface area contributed by atoms with E-state index >= 15 is 0 Å². The Morgan fingerprint density at radius 3 is 2.65 bits per heavy atom. The van der Waals surface area contributed by atoms with E-state index in [1.807, 2.05) is 6.08 Å². The Balaban J connectivity index is 2.01. The van der Waals surface area contributed by atoms with Gasteiger partial charge in [-0.15, -0.1) is 6.58 Å². The maximum atomic E-state index is 12.6. The van der Waals surface area contributed by atoms with E-state index in [2.05, 4.69) is 27.4 Å². The van der Waals surface area contributed by atoms with Crippen LogP contribution in [0.25, 0.3) is 0 Å². The Morgan fingerprint density at radius 2 is 2.00 bits per heavy atom. The van der Waals surface area contributed by atoms with Gasteiger partial charge < -0.3 is 9.47 Å². The maximum absolute atomic E-state index is 12.6. The molecule has 0 aromatic heterocycles. The second kappa shape index (κ2) is 5.86. The molecule has 23 heavy (non-hydrogen) atoms. The van der Waals surface area contributed by atoms with Crippen molar-refractivity contribution in [2.75, 3.05) is 7.11 Å². The summed E-state index contributed by atoms with van der Waals surface area (Å²) in [6.07, 6.45) is 7.42. The van der Waals surface area contributed by atoms with Crippen LogP contribution in [0.1, 0.15) is 59.3 Å². The van der Waals surface area contributed by atoms with Gasteiger partial charge in [-0.1, -0.05) is 32.4 Å². The smallest absolute Gasteiger partial charge is 0.159 e. The molecule has 0 unspecified atom stereocenters. The Kier molecular flexibility index (Phi) is 4.31. The zero-order valence-corrected chi connectivity index (χ0v) is 15.0. The standard InChI is InChI=1S/C20H30O3/c1-6-19(3)11-16(23-17(12-19)22-5)20(4)13(2)7-8-14-9-10-15(21)18(14)20/h6,13,16-17H,1,7-12H2,2-5H3/t13-,16+,17+,19+,20+/m0/s1. The van der Waals surface area contributed by atoms with Gasteiger partial charge in [-0.3, -0.25) is 4.79 Å². The molecule has 128 valence electrons. The van der Waals surface area contributed by atoms with E-state index in [-0.39, 0.29) is 23.2 Å². The maximum Gasteiger partial charge on any atom is 0.159 e. The first-order chi connectivity index (χ1) is 10.8. The highest BCUT2D eigenvalue weighted by atomic mass is 16.7. The van der Waals surface area contributed by atoms with Crippen molar-refractivity contribution in [1.82, 2.24) is 0 Å². The number of carbonyl (C=O) groups is 1. The van der Waals surface area contributed by atoms with Crippen molar-refractivity contribution >= 4 is 5.78 Å². The summed E-state index contributed by atoms with van der Waals surface area (Å²) in [4.78, 5) is 12.6. The first-order valence-corrected chi connectivity index (χ1v) is 8.91. The molecule has 5 atom stereocenters. The number of hydrogen-bond donors (Lipinski definition) is 0. The summed E-state index contributed by atoms with van der Waals surface area (Å²) in [5.74, 6) is 0.787. The average Bonchev–Trinajstić information content (AvgIpc) is 2.92. The largest absolute Gasteiger partial charge is 0.356 e. The van der Waals surface area contributed by atoms with Gasteiger partial charge in [-0.25, -0.2) is 0 Å². The van der Waals surface area contributed by atoms with Crippen molar-refractivity contribution in [3.8, 4) is 0 Å². The van der Waals surface area contributed by atoms with Crippen molar-refractivity contribution in [3.63, 3.8) is 0 Å². The Hall–Kier alpha value is -0.930. The lowest BCUT2D eigenvalue weighted by Gasteiger charge is -2.52. The molecule has 1 saturated heterocycles. The van der Waals surface area contributed by atoms with Crippen molar-refractivity contribution in [2.24, 2.45) is 16.7 Å². The molecule has 1 fully saturated rings. The second-order valence-corrected chi connectivity index (χ2v) is 8.18. The lowest BCUT2D eigenvalue weighted by molar-refractivity contribution is -0.231. The number of hydrogen-bond acceptors (Lipinski definition) is 3. The Morgan fingerprint density at radius 1 is 1.26 bits per heavy atom. The van der Waals surface area contributed by atoms with Crippen molar-refractivity contribution in [1.29, 1.82) is 0 Å². The molecule has 0 aromatic carbocycles. The zero-order valence-electron chi connectivity index (χ0n) is 15.0. The third kappa shape index (κ3) is 2.62. The topological polar surface area (TPSA) is 35.5 Å². The first kappa shape index (κ1) is 16.9. The lowest BCUT2D eigenvalue weighted by Crippen LogP contribution is -2.51. The predicted octanol–water partition coefficient (Wildman–Crippen LogP) is 4.43. The predicted molar refractivity (Wildman–Crippen MR) is 91.0 cm³/mol. The second-order valence-electron chi connectivity index (χ2n) is 8.18. The molecular weight excluding hydrogens is 288 g/mol. The van der Waals surface area contributed by atoms with Gasteiger partial charge in [-0.2, -0.15) is 0 Å². The first-order valence-electron chi connectivity index (χ1n) is 8.91. The zero-order chi connectivity index (χ0) is 16.8. The number of Topliss-reactive ketones (excluding diaryl/α,β-unsaturated/α-hetero) is 1. The van der Waals surface area contributed by atoms with Crippen LogP contribution in [-0.4, -0.2) is 25.3 Å². The number of methoxy groups -OCH3 is 1. The minimum absolute atomic E-state index is 0.00606. The molecule has 3 aliphatic rings. The van der Waals surface area contributed by atoms with Gasteiger partial charge in [0.05, 0.1) is 6.10 Å². The van der Waals surface area contributed by atoms with E-state index in [0.717, 1.165) is 37.7 Å². The molecular formula is C20H30O3. The third-order valence-electron chi connectivity index (χ3n) is 6.75. The number of ether oxygens (including phenoxy) is 2. The van der Waals surface area contributed by atoms with Gasteiger partial charge in [0.1, 0.15) is 0 Å². The fourth-order valence-electron chi connectivity index (χ4n) is 4.88.